The first kappa shape index (κ1) is 19.7. The Morgan fingerprint density at radius 1 is 1.11 bits per heavy atom. The zero-order valence-electron chi connectivity index (χ0n) is 15.1. The smallest absolute Gasteiger partial charge is 0.149 e. The van der Waals surface area contributed by atoms with Crippen molar-refractivity contribution in [3.8, 4) is 16.9 Å². The highest BCUT2D eigenvalue weighted by Crippen LogP contribution is 2.33. The normalized spacial score (nSPS) is 12.9. The van der Waals surface area contributed by atoms with E-state index in [0.717, 1.165) is 6.20 Å². The molecule has 6 nitrogen and oxygen atoms in total. The highest BCUT2D eigenvalue weighted by Gasteiger charge is 2.13. The fraction of sp³-hybridized carbons (Fsp3) is 0.105. The second-order valence-electron chi connectivity index (χ2n) is 6.08. The Balaban J connectivity index is 1.97. The van der Waals surface area contributed by atoms with Gasteiger partial charge in [-0.3, -0.25) is 9.35 Å². The van der Waals surface area contributed by atoms with E-state index in [2.05, 4.69) is 15.3 Å². The van der Waals surface area contributed by atoms with Crippen LogP contribution in [0.4, 0.5) is 20.4 Å². The fourth-order valence-electron chi connectivity index (χ4n) is 2.59. The third kappa shape index (κ3) is 4.81. The maximum atomic E-state index is 14.4. The second kappa shape index (κ2) is 7.91. The molecule has 146 valence electrons. The van der Waals surface area contributed by atoms with Crippen LogP contribution in [-0.2, 0) is 9.71 Å². The zero-order chi connectivity index (χ0) is 20.3. The van der Waals surface area contributed by atoms with Gasteiger partial charge < -0.3 is 10.1 Å². The van der Waals surface area contributed by atoms with Crippen LogP contribution in [0.3, 0.4) is 0 Å². The molecule has 0 bridgehead atoms. The van der Waals surface area contributed by atoms with Crippen LogP contribution in [0.25, 0.3) is 11.1 Å². The molecule has 3 aromatic rings. The van der Waals surface area contributed by atoms with E-state index < -0.39 is 21.3 Å². The van der Waals surface area contributed by atoms with Crippen LogP contribution in [0, 0.1) is 11.6 Å². The van der Waals surface area contributed by atoms with Crippen molar-refractivity contribution in [2.75, 3.05) is 18.7 Å². The van der Waals surface area contributed by atoms with Gasteiger partial charge in [-0.25, -0.2) is 18.7 Å². The van der Waals surface area contributed by atoms with E-state index in [1.807, 2.05) is 0 Å². The van der Waals surface area contributed by atoms with Gasteiger partial charge in [0.15, 0.2) is 0 Å². The minimum atomic E-state index is -2.57. The van der Waals surface area contributed by atoms with Crippen molar-refractivity contribution in [2.45, 2.75) is 0 Å². The molecule has 0 aliphatic rings. The van der Waals surface area contributed by atoms with E-state index in [-0.39, 0.29) is 11.3 Å². The van der Waals surface area contributed by atoms with Gasteiger partial charge in [-0.05, 0) is 35.9 Å². The minimum Gasteiger partial charge on any atom is -0.496 e. The van der Waals surface area contributed by atoms with Gasteiger partial charge in [0, 0.05) is 44.7 Å². The van der Waals surface area contributed by atoms with Crippen molar-refractivity contribution in [1.82, 2.24) is 9.97 Å². The average molecular weight is 404 g/mol. The maximum absolute atomic E-state index is 14.4. The molecule has 0 saturated carbocycles. The molecule has 2 aromatic heterocycles. The summed E-state index contributed by atoms with van der Waals surface area (Å²) in [5.41, 5.74) is 1.20. The summed E-state index contributed by atoms with van der Waals surface area (Å²) in [5, 5.41) is 9.94. The highest BCUT2D eigenvalue weighted by molar-refractivity contribution is 7.98. The third-order valence-corrected chi connectivity index (χ3v) is 4.46. The first-order chi connectivity index (χ1) is 13.2. The molecule has 0 aliphatic heterocycles. The topological polar surface area (TPSA) is 90.1 Å². The number of halogens is 2. The summed E-state index contributed by atoms with van der Waals surface area (Å²) in [6.07, 6.45) is 3.99. The summed E-state index contributed by atoms with van der Waals surface area (Å²) < 4.78 is 44.7. The molecule has 0 spiro atoms. The molecule has 2 heterocycles. The molecule has 28 heavy (non-hydrogen) atoms. The number of hydrogen-bond donors (Lipinski definition) is 2. The number of nitrogens with one attached hydrogen (secondary N) is 1. The first-order valence-corrected chi connectivity index (χ1v) is 10.2. The standard InChI is InChI=1S/C19H18F2N4O2S/c1-27-17-8-13(20)3-4-14(17)15-9-19(24-10-16(15)21)25-18-7-12(5-6-23-18)11-28(2,22)26/h3-11H,1-2H3,(H2,22,26)(H,23,24,25). The summed E-state index contributed by atoms with van der Waals surface area (Å²) >= 11 is 0. The van der Waals surface area contributed by atoms with Crippen LogP contribution in [0.1, 0.15) is 5.56 Å². The molecule has 0 aliphatic carbocycles. The number of anilines is 2. The quantitative estimate of drug-likeness (QED) is 0.638. The number of nitrogens with zero attached hydrogens (tertiary/aromatic N) is 2. The predicted octanol–water partition coefficient (Wildman–Crippen LogP) is 3.11. The first-order valence-electron chi connectivity index (χ1n) is 8.09. The number of pyridine rings is 2. The Morgan fingerprint density at radius 2 is 1.86 bits per heavy atom. The lowest BCUT2D eigenvalue weighted by Gasteiger charge is -2.12. The van der Waals surface area contributed by atoms with Crippen molar-refractivity contribution < 1.29 is 17.7 Å². The molecular formula is C19H18F2N4O2S. The van der Waals surface area contributed by atoms with Crippen LogP contribution >= 0.6 is 0 Å². The van der Waals surface area contributed by atoms with Crippen molar-refractivity contribution in [2.24, 2.45) is 5.14 Å². The Kier molecular flexibility index (Phi) is 5.57. The lowest BCUT2D eigenvalue weighted by atomic mass is 10.0. The van der Waals surface area contributed by atoms with Gasteiger partial charge in [-0.2, -0.15) is 0 Å². The number of rotatable bonds is 5. The number of ether oxygens (including phenoxy) is 1. The molecule has 1 atom stereocenters. The van der Waals surface area contributed by atoms with E-state index in [4.69, 9.17) is 9.88 Å². The zero-order valence-corrected chi connectivity index (χ0v) is 16.0. The molecule has 0 amide bonds. The van der Waals surface area contributed by atoms with Gasteiger partial charge in [0.2, 0.25) is 0 Å². The van der Waals surface area contributed by atoms with E-state index >= 15 is 0 Å². The van der Waals surface area contributed by atoms with Gasteiger partial charge in [0.25, 0.3) is 0 Å². The van der Waals surface area contributed by atoms with Crippen LogP contribution in [0.15, 0.2) is 48.8 Å². The van der Waals surface area contributed by atoms with Crippen molar-refractivity contribution in [1.29, 1.82) is 0 Å². The van der Waals surface area contributed by atoms with E-state index in [0.29, 0.717) is 22.8 Å². The number of methoxy groups -OCH3 is 1. The SMILES string of the molecule is COc1cc(F)ccc1-c1cc(Nc2cc(C=S(C)(N)=O)ccn2)ncc1F. The Hall–Kier alpha value is -3.04. The Bertz CT molecular complexity index is 1140. The summed E-state index contributed by atoms with van der Waals surface area (Å²) in [5.74, 6) is -0.144. The summed E-state index contributed by atoms with van der Waals surface area (Å²) in [7, 11) is -1.19. The van der Waals surface area contributed by atoms with Crippen LogP contribution < -0.4 is 15.2 Å². The molecule has 0 radical (unpaired) electrons. The van der Waals surface area contributed by atoms with Crippen LogP contribution in [-0.4, -0.2) is 32.9 Å². The lowest BCUT2D eigenvalue weighted by Crippen LogP contribution is -2.13. The largest absolute Gasteiger partial charge is 0.496 e. The summed E-state index contributed by atoms with van der Waals surface area (Å²) in [6, 6.07) is 8.60. The second-order valence-corrected chi connectivity index (χ2v) is 8.25. The number of hydrogen-bond acceptors (Lipinski definition) is 5. The molecule has 3 rings (SSSR count). The van der Waals surface area contributed by atoms with Crippen molar-refractivity contribution in [3.05, 3.63) is 66.0 Å². The summed E-state index contributed by atoms with van der Waals surface area (Å²) in [4.78, 5) is 8.17. The van der Waals surface area contributed by atoms with Gasteiger partial charge in [0.1, 0.15) is 29.0 Å². The van der Waals surface area contributed by atoms with Gasteiger partial charge >= 0.3 is 0 Å². The number of nitrogens with two attached hydrogens (primary N) is 1. The fourth-order valence-corrected chi connectivity index (χ4v) is 3.28. The van der Waals surface area contributed by atoms with E-state index in [1.54, 1.807) is 12.1 Å². The van der Waals surface area contributed by atoms with Gasteiger partial charge in [-0.15, -0.1) is 0 Å². The number of aromatic nitrogens is 2. The average Bonchev–Trinajstić information content (AvgIpc) is 2.62. The lowest BCUT2D eigenvalue weighted by molar-refractivity contribution is 0.412. The van der Waals surface area contributed by atoms with E-state index in [1.165, 1.54) is 49.2 Å². The predicted molar refractivity (Wildman–Crippen MR) is 107 cm³/mol. The Labute approximate surface area is 161 Å². The molecule has 0 fully saturated rings. The molecule has 9 heteroatoms. The van der Waals surface area contributed by atoms with E-state index in [9.17, 15) is 13.0 Å². The molecule has 0 saturated heterocycles. The molecule has 3 N–H and O–H groups in total. The highest BCUT2D eigenvalue weighted by atomic mass is 32.2. The molecular weight excluding hydrogens is 386 g/mol. The van der Waals surface area contributed by atoms with Crippen LogP contribution in [0.2, 0.25) is 0 Å². The monoisotopic (exact) mass is 404 g/mol. The maximum Gasteiger partial charge on any atom is 0.149 e. The van der Waals surface area contributed by atoms with Crippen LogP contribution in [0.5, 0.6) is 5.75 Å². The summed E-state index contributed by atoms with van der Waals surface area (Å²) in [6.45, 7) is 0. The molecule has 1 aromatic carbocycles. The third-order valence-electron chi connectivity index (χ3n) is 3.72. The minimum absolute atomic E-state index is 0.190. The van der Waals surface area contributed by atoms with Crippen molar-refractivity contribution >= 4 is 26.7 Å². The Morgan fingerprint density at radius 3 is 2.57 bits per heavy atom. The number of benzene rings is 1. The van der Waals surface area contributed by atoms with Gasteiger partial charge in [0.05, 0.1) is 13.3 Å². The molecule has 1 unspecified atom stereocenters. The van der Waals surface area contributed by atoms with Crippen molar-refractivity contribution in [3.63, 3.8) is 0 Å². The van der Waals surface area contributed by atoms with Gasteiger partial charge in [-0.1, -0.05) is 0 Å².